The first-order chi connectivity index (χ1) is 14.2. The Morgan fingerprint density at radius 1 is 0.931 bits per heavy atom. The minimum absolute atomic E-state index is 0.216. The Balaban J connectivity index is 1.63. The monoisotopic (exact) mass is 386 g/mol. The van der Waals surface area contributed by atoms with Gasteiger partial charge in [0.05, 0.1) is 13.7 Å². The molecule has 2 aliphatic rings. The summed E-state index contributed by atoms with van der Waals surface area (Å²) in [7, 11) is 1.68. The van der Waals surface area contributed by atoms with Crippen LogP contribution in [0, 0.1) is 0 Å². The Hall–Kier alpha value is -3.47. The normalized spacial score (nSPS) is 19.8. The summed E-state index contributed by atoms with van der Waals surface area (Å²) in [5.74, 6) is 1.78. The van der Waals surface area contributed by atoms with Gasteiger partial charge < -0.3 is 19.9 Å². The van der Waals surface area contributed by atoms with Gasteiger partial charge >= 0.3 is 0 Å². The molecule has 3 aromatic carbocycles. The maximum Gasteiger partial charge on any atom is 0.283 e. The Labute approximate surface area is 169 Å². The van der Waals surface area contributed by atoms with E-state index in [1.54, 1.807) is 7.11 Å². The van der Waals surface area contributed by atoms with Gasteiger partial charge in [-0.3, -0.25) is 0 Å². The molecular weight excluding hydrogens is 364 g/mol. The number of nitrogens with two attached hydrogens (primary N) is 1. The lowest BCUT2D eigenvalue weighted by Crippen LogP contribution is -2.27. The van der Waals surface area contributed by atoms with Crippen molar-refractivity contribution in [2.24, 2.45) is 10.7 Å². The molecule has 2 aliphatic heterocycles. The number of methoxy groups -OCH3 is 1. The molecule has 5 heteroatoms. The predicted octanol–water partition coefficient (Wildman–Crippen LogP) is 3.89. The van der Waals surface area contributed by atoms with Crippen molar-refractivity contribution in [3.63, 3.8) is 0 Å². The van der Waals surface area contributed by atoms with Crippen LogP contribution in [0.1, 0.15) is 16.7 Å². The Morgan fingerprint density at radius 3 is 2.52 bits per heavy atom. The molecule has 0 saturated carbocycles. The standard InChI is InChI=1S/C24H22N2O3/c1-27-21-7-3-5-17(14-21)16-4-2-6-19(12-16)24(15-29-23(25)26-24)20-8-9-22-18(13-20)10-11-28-22/h2-9,12-14H,10-11,15H2,1H3,(H2,25,26). The number of benzene rings is 3. The zero-order chi connectivity index (χ0) is 19.8. The van der Waals surface area contributed by atoms with Crippen molar-refractivity contribution >= 4 is 6.02 Å². The second-order valence-electron chi connectivity index (χ2n) is 7.33. The lowest BCUT2D eigenvalue weighted by Gasteiger charge is -2.26. The average Bonchev–Trinajstić information content (AvgIpc) is 3.40. The van der Waals surface area contributed by atoms with E-state index in [9.17, 15) is 0 Å². The third-order valence-corrected chi connectivity index (χ3v) is 5.64. The molecule has 2 heterocycles. The van der Waals surface area contributed by atoms with Crippen LogP contribution in [0.25, 0.3) is 11.1 Å². The molecule has 0 aliphatic carbocycles. The summed E-state index contributed by atoms with van der Waals surface area (Å²) < 4.78 is 16.7. The van der Waals surface area contributed by atoms with Gasteiger partial charge in [0.2, 0.25) is 0 Å². The van der Waals surface area contributed by atoms with Gasteiger partial charge in [-0.05, 0) is 58.1 Å². The van der Waals surface area contributed by atoms with Gasteiger partial charge in [0, 0.05) is 6.42 Å². The highest BCUT2D eigenvalue weighted by atomic mass is 16.5. The largest absolute Gasteiger partial charge is 0.497 e. The zero-order valence-electron chi connectivity index (χ0n) is 16.2. The van der Waals surface area contributed by atoms with Gasteiger partial charge in [-0.15, -0.1) is 0 Å². The van der Waals surface area contributed by atoms with E-state index in [4.69, 9.17) is 24.9 Å². The van der Waals surface area contributed by atoms with E-state index in [-0.39, 0.29) is 6.02 Å². The molecule has 29 heavy (non-hydrogen) atoms. The second-order valence-corrected chi connectivity index (χ2v) is 7.33. The van der Waals surface area contributed by atoms with Gasteiger partial charge in [-0.1, -0.05) is 36.4 Å². The quantitative estimate of drug-likeness (QED) is 0.739. The number of rotatable bonds is 4. The summed E-state index contributed by atoms with van der Waals surface area (Å²) in [4.78, 5) is 4.76. The number of hydrogen-bond donors (Lipinski definition) is 1. The maximum atomic E-state index is 5.97. The summed E-state index contributed by atoms with van der Waals surface area (Å²) in [5.41, 5.74) is 10.8. The molecule has 2 N–H and O–H groups in total. The molecular formula is C24H22N2O3. The topological polar surface area (TPSA) is 66.1 Å². The van der Waals surface area contributed by atoms with Crippen LogP contribution in [-0.2, 0) is 16.7 Å². The van der Waals surface area contributed by atoms with Crippen LogP contribution >= 0.6 is 0 Å². The first-order valence-corrected chi connectivity index (χ1v) is 9.67. The van der Waals surface area contributed by atoms with Gasteiger partial charge in [0.1, 0.15) is 18.1 Å². The van der Waals surface area contributed by atoms with Crippen LogP contribution in [0.5, 0.6) is 11.5 Å². The van der Waals surface area contributed by atoms with E-state index < -0.39 is 5.54 Å². The third kappa shape index (κ3) is 2.99. The summed E-state index contributed by atoms with van der Waals surface area (Å²) >= 11 is 0. The number of aliphatic imine (C=N–C) groups is 1. The minimum Gasteiger partial charge on any atom is -0.497 e. The van der Waals surface area contributed by atoms with E-state index in [0.29, 0.717) is 6.61 Å². The van der Waals surface area contributed by atoms with Crippen LogP contribution in [-0.4, -0.2) is 26.3 Å². The highest BCUT2D eigenvalue weighted by Crippen LogP contribution is 2.41. The predicted molar refractivity (Wildman–Crippen MR) is 112 cm³/mol. The van der Waals surface area contributed by atoms with Crippen molar-refractivity contribution in [2.45, 2.75) is 12.0 Å². The molecule has 0 bridgehead atoms. The summed E-state index contributed by atoms with van der Waals surface area (Å²) in [6.45, 7) is 1.10. The van der Waals surface area contributed by atoms with E-state index >= 15 is 0 Å². The van der Waals surface area contributed by atoms with Crippen molar-refractivity contribution in [1.29, 1.82) is 0 Å². The Bertz CT molecular complexity index is 1110. The molecule has 146 valence electrons. The van der Waals surface area contributed by atoms with Crippen molar-refractivity contribution in [3.8, 4) is 22.6 Å². The third-order valence-electron chi connectivity index (χ3n) is 5.64. The summed E-state index contributed by atoms with van der Waals surface area (Å²) in [6, 6.07) is 22.9. The van der Waals surface area contributed by atoms with Crippen LogP contribution in [0.15, 0.2) is 71.7 Å². The first-order valence-electron chi connectivity index (χ1n) is 9.67. The average molecular weight is 386 g/mol. The van der Waals surface area contributed by atoms with Crippen molar-refractivity contribution in [1.82, 2.24) is 0 Å². The van der Waals surface area contributed by atoms with Crippen LogP contribution in [0.2, 0.25) is 0 Å². The van der Waals surface area contributed by atoms with Crippen molar-refractivity contribution < 1.29 is 14.2 Å². The number of ether oxygens (including phenoxy) is 3. The highest BCUT2D eigenvalue weighted by molar-refractivity contribution is 5.76. The van der Waals surface area contributed by atoms with Gasteiger partial charge in [-0.2, -0.15) is 0 Å². The number of hydrogen-bond acceptors (Lipinski definition) is 5. The molecule has 1 atom stereocenters. The van der Waals surface area contributed by atoms with E-state index in [0.717, 1.165) is 46.8 Å². The van der Waals surface area contributed by atoms with Crippen LogP contribution < -0.4 is 15.2 Å². The smallest absolute Gasteiger partial charge is 0.283 e. The number of fused-ring (bicyclic) bond motifs is 1. The molecule has 0 saturated heterocycles. The fraction of sp³-hybridized carbons (Fsp3) is 0.208. The Kier molecular flexibility index (Phi) is 4.16. The minimum atomic E-state index is -0.670. The fourth-order valence-electron chi connectivity index (χ4n) is 4.10. The van der Waals surface area contributed by atoms with E-state index in [2.05, 4.69) is 36.4 Å². The van der Waals surface area contributed by atoms with Gasteiger partial charge in [-0.25, -0.2) is 4.99 Å². The second kappa shape index (κ2) is 6.85. The molecule has 0 radical (unpaired) electrons. The summed E-state index contributed by atoms with van der Waals surface area (Å²) in [6.07, 6.45) is 0.906. The molecule has 5 nitrogen and oxygen atoms in total. The summed E-state index contributed by atoms with van der Waals surface area (Å²) in [5, 5.41) is 0. The molecule has 1 unspecified atom stereocenters. The van der Waals surface area contributed by atoms with Gasteiger partial charge in [0.15, 0.2) is 5.54 Å². The number of nitrogens with zero attached hydrogens (tertiary/aromatic N) is 1. The van der Waals surface area contributed by atoms with Crippen molar-refractivity contribution in [2.75, 3.05) is 20.3 Å². The zero-order valence-corrected chi connectivity index (χ0v) is 16.2. The molecule has 0 spiro atoms. The van der Waals surface area contributed by atoms with E-state index in [1.165, 1.54) is 5.56 Å². The molecule has 0 fully saturated rings. The lowest BCUT2D eigenvalue weighted by atomic mass is 9.82. The van der Waals surface area contributed by atoms with Crippen LogP contribution in [0.3, 0.4) is 0 Å². The van der Waals surface area contributed by atoms with E-state index in [1.807, 2.05) is 30.3 Å². The lowest BCUT2D eigenvalue weighted by molar-refractivity contribution is 0.278. The van der Waals surface area contributed by atoms with Gasteiger partial charge in [0.25, 0.3) is 6.02 Å². The highest BCUT2D eigenvalue weighted by Gasteiger charge is 2.40. The fourth-order valence-corrected chi connectivity index (χ4v) is 4.10. The van der Waals surface area contributed by atoms with Crippen molar-refractivity contribution in [3.05, 3.63) is 83.4 Å². The first kappa shape index (κ1) is 17.6. The number of amidine groups is 1. The molecule has 5 rings (SSSR count). The molecule has 0 amide bonds. The SMILES string of the molecule is COc1cccc(-c2cccc(C3(c4ccc5c(c4)CCO5)COC(N)=N3)c2)c1. The molecule has 0 aromatic heterocycles. The maximum absolute atomic E-state index is 5.97. The molecule has 3 aromatic rings. The Morgan fingerprint density at radius 2 is 1.72 bits per heavy atom. The van der Waals surface area contributed by atoms with Crippen LogP contribution in [0.4, 0.5) is 0 Å².